The Kier molecular flexibility index (Phi) is 5.71. The number of nitrogens with one attached hydrogen (secondary N) is 1. The molecule has 1 aromatic heterocycles. The molecule has 2 aromatic carbocycles. The Morgan fingerprint density at radius 2 is 2.03 bits per heavy atom. The number of nitrogens with zero attached hydrogens (tertiary/aromatic N) is 4. The summed E-state index contributed by atoms with van der Waals surface area (Å²) in [5, 5.41) is 13.3. The largest absolute Gasteiger partial charge is 0.454 e. The van der Waals surface area contributed by atoms with E-state index in [4.69, 9.17) is 14.2 Å². The highest BCUT2D eigenvalue weighted by Crippen LogP contribution is 2.33. The van der Waals surface area contributed by atoms with Gasteiger partial charge in [-0.3, -0.25) is 0 Å². The van der Waals surface area contributed by atoms with Crippen molar-refractivity contribution in [2.24, 2.45) is 0 Å². The van der Waals surface area contributed by atoms with Crippen LogP contribution in [0.25, 0.3) is 10.9 Å². The molecular weight excluding hydrogens is 398 g/mol. The van der Waals surface area contributed by atoms with Crippen molar-refractivity contribution in [2.75, 3.05) is 30.2 Å². The van der Waals surface area contributed by atoms with Crippen LogP contribution in [-0.4, -0.2) is 36.0 Å². The van der Waals surface area contributed by atoms with Crippen LogP contribution in [0.1, 0.15) is 25.0 Å². The molecule has 0 saturated carbocycles. The average Bonchev–Trinajstić information content (AvgIpc) is 3.26. The van der Waals surface area contributed by atoms with E-state index < -0.39 is 6.09 Å². The number of carbonyl (C=O) groups is 1. The van der Waals surface area contributed by atoms with Crippen molar-refractivity contribution in [3.8, 4) is 17.6 Å². The lowest BCUT2D eigenvalue weighted by Crippen LogP contribution is -2.33. The fourth-order valence-electron chi connectivity index (χ4n) is 3.23. The van der Waals surface area contributed by atoms with Gasteiger partial charge in [0.2, 0.25) is 12.7 Å². The number of hydrogen-bond acceptors (Lipinski definition) is 8. The standard InChI is InChI=1S/C22H21N5O4/c1-3-27(22(28)29-4-2)21-25-17-7-5-14(11-23)9-16(17)20(26-21)24-12-15-6-8-18-19(10-15)31-13-30-18/h5-10H,3-4,12-13H2,1-2H3,(H,24,25,26). The predicted octanol–water partition coefficient (Wildman–Crippen LogP) is 3.83. The first-order chi connectivity index (χ1) is 15.1. The minimum absolute atomic E-state index is 0.212. The van der Waals surface area contributed by atoms with Crippen LogP contribution in [0, 0.1) is 11.3 Å². The second-order valence-corrected chi connectivity index (χ2v) is 6.70. The molecule has 0 unspecified atom stereocenters. The molecular formula is C22H21N5O4. The topological polar surface area (TPSA) is 110 Å². The highest BCUT2D eigenvalue weighted by molar-refractivity contribution is 5.93. The first-order valence-electron chi connectivity index (χ1n) is 9.91. The smallest absolute Gasteiger partial charge is 0.416 e. The molecule has 4 rings (SSSR count). The Morgan fingerprint density at radius 1 is 1.19 bits per heavy atom. The molecule has 1 aliphatic heterocycles. The molecule has 0 saturated heterocycles. The van der Waals surface area contributed by atoms with Crippen molar-refractivity contribution < 1.29 is 19.0 Å². The molecule has 0 bridgehead atoms. The monoisotopic (exact) mass is 419 g/mol. The molecule has 158 valence electrons. The summed E-state index contributed by atoms with van der Waals surface area (Å²) >= 11 is 0. The van der Waals surface area contributed by atoms with Gasteiger partial charge in [0.25, 0.3) is 0 Å². The van der Waals surface area contributed by atoms with Gasteiger partial charge in [0.05, 0.1) is 23.8 Å². The van der Waals surface area contributed by atoms with E-state index in [0.717, 1.165) is 5.56 Å². The molecule has 1 amide bonds. The van der Waals surface area contributed by atoms with Gasteiger partial charge in [-0.15, -0.1) is 0 Å². The number of anilines is 2. The van der Waals surface area contributed by atoms with E-state index in [0.29, 0.717) is 46.9 Å². The minimum Gasteiger partial charge on any atom is -0.454 e. The Bertz CT molecular complexity index is 1170. The van der Waals surface area contributed by atoms with Crippen molar-refractivity contribution in [3.63, 3.8) is 0 Å². The van der Waals surface area contributed by atoms with E-state index in [-0.39, 0.29) is 19.3 Å². The Labute approximate surface area is 179 Å². The van der Waals surface area contributed by atoms with Crippen LogP contribution >= 0.6 is 0 Å². The molecule has 2 heterocycles. The summed E-state index contributed by atoms with van der Waals surface area (Å²) in [5.41, 5.74) is 2.07. The quantitative estimate of drug-likeness (QED) is 0.642. The number of aromatic nitrogens is 2. The second kappa shape index (κ2) is 8.75. The molecule has 0 spiro atoms. The predicted molar refractivity (Wildman–Crippen MR) is 114 cm³/mol. The van der Waals surface area contributed by atoms with Gasteiger partial charge in [0.15, 0.2) is 11.5 Å². The Hall–Kier alpha value is -4.06. The Balaban J connectivity index is 1.70. The molecule has 3 aromatic rings. The summed E-state index contributed by atoms with van der Waals surface area (Å²) < 4.78 is 15.9. The van der Waals surface area contributed by atoms with Gasteiger partial charge >= 0.3 is 6.09 Å². The number of nitriles is 1. The van der Waals surface area contributed by atoms with E-state index in [9.17, 15) is 10.1 Å². The Morgan fingerprint density at radius 3 is 2.81 bits per heavy atom. The van der Waals surface area contributed by atoms with Crippen LogP contribution in [0.3, 0.4) is 0 Å². The van der Waals surface area contributed by atoms with E-state index in [1.54, 1.807) is 25.1 Å². The van der Waals surface area contributed by atoms with Crippen molar-refractivity contribution in [1.29, 1.82) is 5.26 Å². The molecule has 1 aliphatic rings. The van der Waals surface area contributed by atoms with Gasteiger partial charge in [-0.2, -0.15) is 10.2 Å². The summed E-state index contributed by atoms with van der Waals surface area (Å²) in [6, 6.07) is 13.0. The summed E-state index contributed by atoms with van der Waals surface area (Å²) in [5.74, 6) is 2.15. The van der Waals surface area contributed by atoms with Gasteiger partial charge in [-0.25, -0.2) is 14.7 Å². The van der Waals surface area contributed by atoms with Crippen LogP contribution in [-0.2, 0) is 11.3 Å². The summed E-state index contributed by atoms with van der Waals surface area (Å²) in [7, 11) is 0. The lowest BCUT2D eigenvalue weighted by molar-refractivity contribution is 0.159. The highest BCUT2D eigenvalue weighted by atomic mass is 16.7. The number of amides is 1. The zero-order chi connectivity index (χ0) is 21.8. The zero-order valence-corrected chi connectivity index (χ0v) is 17.2. The van der Waals surface area contributed by atoms with Crippen LogP contribution in [0.5, 0.6) is 11.5 Å². The van der Waals surface area contributed by atoms with Gasteiger partial charge in [-0.05, 0) is 49.7 Å². The highest BCUT2D eigenvalue weighted by Gasteiger charge is 2.20. The van der Waals surface area contributed by atoms with E-state index in [1.165, 1.54) is 4.90 Å². The normalized spacial score (nSPS) is 11.8. The van der Waals surface area contributed by atoms with Gasteiger partial charge in [0, 0.05) is 18.5 Å². The van der Waals surface area contributed by atoms with Crippen LogP contribution in [0.15, 0.2) is 36.4 Å². The number of hydrogen-bond donors (Lipinski definition) is 1. The second-order valence-electron chi connectivity index (χ2n) is 6.70. The molecule has 0 aliphatic carbocycles. The maximum Gasteiger partial charge on any atom is 0.416 e. The number of rotatable bonds is 6. The lowest BCUT2D eigenvalue weighted by Gasteiger charge is -2.20. The number of carbonyl (C=O) groups excluding carboxylic acids is 1. The molecule has 1 N–H and O–H groups in total. The lowest BCUT2D eigenvalue weighted by atomic mass is 10.1. The van der Waals surface area contributed by atoms with Gasteiger partial charge < -0.3 is 19.5 Å². The average molecular weight is 419 g/mol. The van der Waals surface area contributed by atoms with Crippen molar-refractivity contribution in [3.05, 3.63) is 47.5 Å². The molecule has 0 atom stereocenters. The first kappa shape index (κ1) is 20.2. The minimum atomic E-state index is -0.514. The number of benzene rings is 2. The fraction of sp³-hybridized carbons (Fsp3) is 0.273. The van der Waals surface area contributed by atoms with Crippen LogP contribution in [0.4, 0.5) is 16.6 Å². The van der Waals surface area contributed by atoms with Crippen molar-refractivity contribution in [1.82, 2.24) is 9.97 Å². The third-order valence-corrected chi connectivity index (χ3v) is 4.76. The zero-order valence-electron chi connectivity index (χ0n) is 17.2. The third kappa shape index (κ3) is 4.14. The number of ether oxygens (including phenoxy) is 3. The summed E-state index contributed by atoms with van der Waals surface area (Å²) in [6.07, 6.45) is -0.514. The molecule has 9 nitrogen and oxygen atoms in total. The van der Waals surface area contributed by atoms with Crippen LogP contribution in [0.2, 0.25) is 0 Å². The summed E-state index contributed by atoms with van der Waals surface area (Å²) in [6.45, 7) is 4.83. The maximum absolute atomic E-state index is 12.3. The van der Waals surface area contributed by atoms with E-state index in [1.807, 2.05) is 25.1 Å². The third-order valence-electron chi connectivity index (χ3n) is 4.76. The van der Waals surface area contributed by atoms with Crippen LogP contribution < -0.4 is 19.7 Å². The first-order valence-corrected chi connectivity index (χ1v) is 9.91. The van der Waals surface area contributed by atoms with Gasteiger partial charge in [-0.1, -0.05) is 6.07 Å². The maximum atomic E-state index is 12.3. The molecule has 31 heavy (non-hydrogen) atoms. The number of fused-ring (bicyclic) bond motifs is 2. The van der Waals surface area contributed by atoms with Gasteiger partial charge in [0.1, 0.15) is 5.82 Å². The fourth-order valence-corrected chi connectivity index (χ4v) is 3.23. The molecule has 0 fully saturated rings. The van der Waals surface area contributed by atoms with E-state index in [2.05, 4.69) is 21.4 Å². The molecule has 0 radical (unpaired) electrons. The van der Waals surface area contributed by atoms with Crippen molar-refractivity contribution >= 4 is 28.8 Å². The van der Waals surface area contributed by atoms with Crippen molar-refractivity contribution in [2.45, 2.75) is 20.4 Å². The molecule has 9 heteroatoms. The SMILES string of the molecule is CCOC(=O)N(CC)c1nc(NCc2ccc3c(c2)OCO3)c2cc(C#N)ccc2n1. The summed E-state index contributed by atoms with van der Waals surface area (Å²) in [4.78, 5) is 22.8. The van der Waals surface area contributed by atoms with E-state index >= 15 is 0 Å².